The SMILES string of the molecule is CCCCNC(=O)/C=C/C1C[C@@H]2OC(C)(C)O[C@@H]2C1. The van der Waals surface area contributed by atoms with E-state index in [1.807, 2.05) is 19.9 Å². The fraction of sp³-hybridized carbons (Fsp3) is 0.800. The third-order valence-electron chi connectivity index (χ3n) is 3.70. The number of fused-ring (bicyclic) bond motifs is 1. The molecule has 1 saturated heterocycles. The zero-order chi connectivity index (χ0) is 13.9. The van der Waals surface area contributed by atoms with Crippen LogP contribution in [0.5, 0.6) is 0 Å². The van der Waals surface area contributed by atoms with E-state index in [1.165, 1.54) is 0 Å². The summed E-state index contributed by atoms with van der Waals surface area (Å²) < 4.78 is 11.7. The Balaban J connectivity index is 1.73. The summed E-state index contributed by atoms with van der Waals surface area (Å²) in [6, 6.07) is 0. The van der Waals surface area contributed by atoms with Crippen LogP contribution < -0.4 is 5.32 Å². The maximum atomic E-state index is 11.6. The smallest absolute Gasteiger partial charge is 0.243 e. The number of allylic oxidation sites excluding steroid dienone is 1. The lowest BCUT2D eigenvalue weighted by molar-refractivity contribution is -0.152. The van der Waals surface area contributed by atoms with E-state index in [9.17, 15) is 4.79 Å². The van der Waals surface area contributed by atoms with Crippen LogP contribution >= 0.6 is 0 Å². The van der Waals surface area contributed by atoms with Gasteiger partial charge in [0.05, 0.1) is 12.2 Å². The van der Waals surface area contributed by atoms with Gasteiger partial charge in [0.1, 0.15) is 0 Å². The number of amides is 1. The highest BCUT2D eigenvalue weighted by molar-refractivity contribution is 5.87. The van der Waals surface area contributed by atoms with Gasteiger partial charge in [0.15, 0.2) is 5.79 Å². The predicted octanol–water partition coefficient (Wildman–Crippen LogP) is 2.39. The molecule has 0 radical (unpaired) electrons. The predicted molar refractivity (Wildman–Crippen MR) is 73.6 cm³/mol. The molecule has 0 aromatic heterocycles. The molecule has 1 amide bonds. The van der Waals surface area contributed by atoms with Crippen LogP contribution in [0.1, 0.15) is 46.5 Å². The molecule has 0 aromatic rings. The summed E-state index contributed by atoms with van der Waals surface area (Å²) in [6.07, 6.45) is 8.07. The molecule has 2 rings (SSSR count). The van der Waals surface area contributed by atoms with Gasteiger partial charge in [0.25, 0.3) is 0 Å². The van der Waals surface area contributed by atoms with Crippen LogP contribution in [0, 0.1) is 5.92 Å². The summed E-state index contributed by atoms with van der Waals surface area (Å²) >= 11 is 0. The summed E-state index contributed by atoms with van der Waals surface area (Å²) in [7, 11) is 0. The second kappa shape index (κ2) is 6.06. The summed E-state index contributed by atoms with van der Waals surface area (Å²) in [4.78, 5) is 11.6. The molecule has 3 atom stereocenters. The molecule has 1 heterocycles. The van der Waals surface area contributed by atoms with E-state index in [2.05, 4.69) is 12.2 Å². The average molecular weight is 267 g/mol. The first-order chi connectivity index (χ1) is 9.00. The molecule has 0 aromatic carbocycles. The molecule has 1 aliphatic carbocycles. The van der Waals surface area contributed by atoms with Gasteiger partial charge in [-0.3, -0.25) is 4.79 Å². The van der Waals surface area contributed by atoms with E-state index in [-0.39, 0.29) is 18.1 Å². The largest absolute Gasteiger partial charge is 0.353 e. The Kier molecular flexibility index (Phi) is 4.63. The van der Waals surface area contributed by atoms with Gasteiger partial charge < -0.3 is 14.8 Å². The Hall–Kier alpha value is -0.870. The van der Waals surface area contributed by atoms with E-state index in [1.54, 1.807) is 6.08 Å². The van der Waals surface area contributed by atoms with Crippen molar-refractivity contribution in [1.29, 1.82) is 0 Å². The zero-order valence-corrected chi connectivity index (χ0v) is 12.1. The van der Waals surface area contributed by atoms with Crippen molar-refractivity contribution in [2.24, 2.45) is 5.92 Å². The molecule has 1 aliphatic heterocycles. The molecule has 0 bridgehead atoms. The van der Waals surface area contributed by atoms with Crippen molar-refractivity contribution in [2.45, 2.75) is 64.4 Å². The molecule has 4 heteroatoms. The topological polar surface area (TPSA) is 47.6 Å². The lowest BCUT2D eigenvalue weighted by atomic mass is 10.1. The highest BCUT2D eigenvalue weighted by atomic mass is 16.8. The summed E-state index contributed by atoms with van der Waals surface area (Å²) in [6.45, 7) is 6.78. The molecule has 2 aliphatic rings. The number of unbranched alkanes of at least 4 members (excludes halogenated alkanes) is 1. The second-order valence-electron chi connectivity index (χ2n) is 5.95. The van der Waals surface area contributed by atoms with Gasteiger partial charge >= 0.3 is 0 Å². The molecule has 1 saturated carbocycles. The van der Waals surface area contributed by atoms with Crippen LogP contribution in [0.2, 0.25) is 0 Å². The van der Waals surface area contributed by atoms with E-state index in [0.717, 1.165) is 32.2 Å². The highest BCUT2D eigenvalue weighted by Crippen LogP contribution is 2.41. The third-order valence-corrected chi connectivity index (χ3v) is 3.70. The van der Waals surface area contributed by atoms with Gasteiger partial charge in [0, 0.05) is 6.54 Å². The number of hydrogen-bond donors (Lipinski definition) is 1. The minimum Gasteiger partial charge on any atom is -0.353 e. The number of carbonyl (C=O) groups excluding carboxylic acids is 1. The fourth-order valence-corrected chi connectivity index (χ4v) is 2.83. The Labute approximate surface area is 115 Å². The Morgan fingerprint density at radius 1 is 1.32 bits per heavy atom. The molecule has 1 N–H and O–H groups in total. The molecular weight excluding hydrogens is 242 g/mol. The van der Waals surface area contributed by atoms with Crippen molar-refractivity contribution in [1.82, 2.24) is 5.32 Å². The lowest BCUT2D eigenvalue weighted by Gasteiger charge is -2.19. The van der Waals surface area contributed by atoms with E-state index < -0.39 is 5.79 Å². The normalized spacial score (nSPS) is 32.7. The van der Waals surface area contributed by atoms with Crippen LogP contribution in [0.4, 0.5) is 0 Å². The maximum absolute atomic E-state index is 11.6. The second-order valence-corrected chi connectivity index (χ2v) is 5.95. The Bertz CT molecular complexity index is 335. The summed E-state index contributed by atoms with van der Waals surface area (Å²) in [5.74, 6) is -0.0441. The van der Waals surface area contributed by atoms with E-state index >= 15 is 0 Å². The first-order valence-electron chi connectivity index (χ1n) is 7.32. The van der Waals surface area contributed by atoms with Crippen LogP contribution in [-0.2, 0) is 14.3 Å². The minimum atomic E-state index is -0.443. The molecule has 1 unspecified atom stereocenters. The van der Waals surface area contributed by atoms with Crippen LogP contribution in [0.25, 0.3) is 0 Å². The fourth-order valence-electron chi connectivity index (χ4n) is 2.83. The first-order valence-corrected chi connectivity index (χ1v) is 7.32. The van der Waals surface area contributed by atoms with Crippen molar-refractivity contribution in [3.8, 4) is 0 Å². The van der Waals surface area contributed by atoms with Gasteiger partial charge in [-0.15, -0.1) is 0 Å². The quantitative estimate of drug-likeness (QED) is 0.614. The standard InChI is InChI=1S/C15H25NO3/c1-4-5-8-16-14(17)7-6-11-9-12-13(10-11)19-15(2,3)18-12/h6-7,11-13H,4-5,8-10H2,1-3H3,(H,16,17)/b7-6+/t11?,12-,13+. The van der Waals surface area contributed by atoms with E-state index in [0.29, 0.717) is 5.92 Å². The number of rotatable bonds is 5. The number of nitrogens with one attached hydrogen (secondary N) is 1. The number of carbonyl (C=O) groups is 1. The maximum Gasteiger partial charge on any atom is 0.243 e. The van der Waals surface area contributed by atoms with Gasteiger partial charge in [-0.25, -0.2) is 0 Å². The summed E-state index contributed by atoms with van der Waals surface area (Å²) in [5, 5.41) is 2.88. The van der Waals surface area contributed by atoms with Crippen LogP contribution in [-0.4, -0.2) is 30.4 Å². The van der Waals surface area contributed by atoms with Gasteiger partial charge in [-0.1, -0.05) is 19.4 Å². The molecule has 4 nitrogen and oxygen atoms in total. The number of hydrogen-bond acceptors (Lipinski definition) is 3. The Morgan fingerprint density at radius 3 is 2.53 bits per heavy atom. The monoisotopic (exact) mass is 267 g/mol. The molecule has 2 fully saturated rings. The van der Waals surface area contributed by atoms with Crippen molar-refractivity contribution in [3.63, 3.8) is 0 Å². The van der Waals surface area contributed by atoms with Crippen LogP contribution in [0.15, 0.2) is 12.2 Å². The van der Waals surface area contributed by atoms with Crippen molar-refractivity contribution in [3.05, 3.63) is 12.2 Å². The molecule has 108 valence electrons. The molecule has 19 heavy (non-hydrogen) atoms. The Morgan fingerprint density at radius 2 is 1.95 bits per heavy atom. The van der Waals surface area contributed by atoms with Crippen molar-refractivity contribution in [2.75, 3.05) is 6.54 Å². The molecular formula is C15H25NO3. The highest BCUT2D eigenvalue weighted by Gasteiger charge is 2.46. The first kappa shape index (κ1) is 14.5. The van der Waals surface area contributed by atoms with Crippen molar-refractivity contribution >= 4 is 5.91 Å². The summed E-state index contributed by atoms with van der Waals surface area (Å²) in [5.41, 5.74) is 0. The minimum absolute atomic E-state index is 0.00711. The van der Waals surface area contributed by atoms with Gasteiger partial charge in [-0.2, -0.15) is 0 Å². The number of ether oxygens (including phenoxy) is 2. The third kappa shape index (κ3) is 4.05. The van der Waals surface area contributed by atoms with Gasteiger partial charge in [-0.05, 0) is 45.1 Å². The van der Waals surface area contributed by atoms with Crippen LogP contribution in [0.3, 0.4) is 0 Å². The molecule has 0 spiro atoms. The van der Waals surface area contributed by atoms with Crippen molar-refractivity contribution < 1.29 is 14.3 Å². The van der Waals surface area contributed by atoms with Gasteiger partial charge in [0.2, 0.25) is 5.91 Å². The lowest BCUT2D eigenvalue weighted by Crippen LogP contribution is -2.23. The average Bonchev–Trinajstić information content (AvgIpc) is 2.79. The zero-order valence-electron chi connectivity index (χ0n) is 12.1. The van der Waals surface area contributed by atoms with E-state index in [4.69, 9.17) is 9.47 Å².